The summed E-state index contributed by atoms with van der Waals surface area (Å²) in [7, 11) is 0. The third-order valence-corrected chi connectivity index (χ3v) is 8.17. The van der Waals surface area contributed by atoms with Gasteiger partial charge in [0.15, 0.2) is 5.78 Å². The Hall–Kier alpha value is -2.05. The lowest BCUT2D eigenvalue weighted by molar-refractivity contribution is -0.406. The lowest BCUT2D eigenvalue weighted by atomic mass is 9.86. The first kappa shape index (κ1) is 37.1. The summed E-state index contributed by atoms with van der Waals surface area (Å²) in [4.78, 5) is 37.8. The van der Waals surface area contributed by atoms with E-state index in [1.54, 1.807) is 0 Å². The van der Waals surface area contributed by atoms with Crippen molar-refractivity contribution in [2.45, 2.75) is 163 Å². The highest BCUT2D eigenvalue weighted by Crippen LogP contribution is 2.34. The van der Waals surface area contributed by atoms with Crippen LogP contribution < -0.4 is 0 Å². The molecule has 43 heavy (non-hydrogen) atoms. The van der Waals surface area contributed by atoms with Gasteiger partial charge in [0.05, 0.1) is 11.2 Å². The van der Waals surface area contributed by atoms with E-state index in [2.05, 4.69) is 61.5 Å². The van der Waals surface area contributed by atoms with Gasteiger partial charge in [0.2, 0.25) is 0 Å². The maximum atomic E-state index is 13.9. The van der Waals surface area contributed by atoms with E-state index in [9.17, 15) is 4.79 Å². The summed E-state index contributed by atoms with van der Waals surface area (Å²) >= 11 is 0. The van der Waals surface area contributed by atoms with Gasteiger partial charge in [-0.15, -0.1) is 0 Å². The Bertz CT molecular complexity index is 1140. The van der Waals surface area contributed by atoms with Gasteiger partial charge in [-0.3, -0.25) is 4.79 Å². The highest BCUT2D eigenvalue weighted by Gasteiger charge is 2.31. The second-order valence-corrected chi connectivity index (χ2v) is 14.7. The first-order valence-corrected chi connectivity index (χ1v) is 16.5. The predicted molar refractivity (Wildman–Crippen MR) is 177 cm³/mol. The molecule has 0 aliphatic heterocycles. The van der Waals surface area contributed by atoms with Crippen LogP contribution in [-0.2, 0) is 30.8 Å². The van der Waals surface area contributed by atoms with Crippen LogP contribution in [0.25, 0.3) is 0 Å². The summed E-state index contributed by atoms with van der Waals surface area (Å²) in [5.74, 6) is 0.177. The Kier molecular flexibility index (Phi) is 13.6. The van der Waals surface area contributed by atoms with Gasteiger partial charge in [0, 0.05) is 11.1 Å². The normalized spacial score (nSPS) is 13.1. The summed E-state index contributed by atoms with van der Waals surface area (Å²) in [6.07, 6.45) is 8.77. The SMILES string of the molecule is CCCCCC(C)(C)OOC(C)(C)c1ccc(C(=O)c2cc(C(C)(C)OOC(C)(C)CCCCC)ccc2C(C)C)cc1. The van der Waals surface area contributed by atoms with Crippen LogP contribution in [0.15, 0.2) is 42.5 Å². The molecule has 0 unspecified atom stereocenters. The average Bonchev–Trinajstić information content (AvgIpc) is 2.95. The van der Waals surface area contributed by atoms with Crippen molar-refractivity contribution >= 4 is 5.78 Å². The molecule has 0 spiro atoms. The molecule has 0 amide bonds. The molecule has 0 bridgehead atoms. The lowest BCUT2D eigenvalue weighted by Gasteiger charge is -2.31. The fourth-order valence-corrected chi connectivity index (χ4v) is 5.02. The van der Waals surface area contributed by atoms with Crippen LogP contribution in [0.4, 0.5) is 0 Å². The predicted octanol–water partition coefficient (Wildman–Crippen LogP) is 11.1. The molecule has 0 heterocycles. The Balaban J connectivity index is 2.24. The molecule has 2 rings (SSSR count). The van der Waals surface area contributed by atoms with Crippen molar-refractivity contribution in [1.82, 2.24) is 0 Å². The zero-order chi connectivity index (χ0) is 32.5. The molecule has 0 fully saturated rings. The monoisotopic (exact) mass is 596 g/mol. The van der Waals surface area contributed by atoms with E-state index in [-0.39, 0.29) is 17.3 Å². The van der Waals surface area contributed by atoms with E-state index in [0.717, 1.165) is 42.4 Å². The van der Waals surface area contributed by atoms with Gasteiger partial charge in [-0.1, -0.05) is 103 Å². The van der Waals surface area contributed by atoms with Crippen LogP contribution in [0.2, 0.25) is 0 Å². The zero-order valence-electron chi connectivity index (χ0n) is 29.3. The van der Waals surface area contributed by atoms with E-state index >= 15 is 0 Å². The molecule has 0 aliphatic rings. The Morgan fingerprint density at radius 3 is 1.51 bits per heavy atom. The molecule has 0 aromatic heterocycles. The minimum absolute atomic E-state index is 0.0132. The quantitative estimate of drug-likeness (QED) is 0.0699. The van der Waals surface area contributed by atoms with Crippen LogP contribution in [0.1, 0.15) is 173 Å². The summed E-state index contributed by atoms with van der Waals surface area (Å²) in [5.41, 5.74) is 2.01. The largest absolute Gasteiger partial charge is 0.289 e. The van der Waals surface area contributed by atoms with E-state index < -0.39 is 16.8 Å². The number of unbranched alkanes of at least 4 members (excludes halogenated alkanes) is 4. The molecule has 242 valence electrons. The number of rotatable bonds is 19. The van der Waals surface area contributed by atoms with Crippen molar-refractivity contribution in [1.29, 1.82) is 0 Å². The molecule has 0 atom stereocenters. The second kappa shape index (κ2) is 15.8. The molecule has 0 saturated carbocycles. The van der Waals surface area contributed by atoms with Gasteiger partial charge >= 0.3 is 0 Å². The minimum Gasteiger partial charge on any atom is -0.289 e. The first-order valence-electron chi connectivity index (χ1n) is 16.5. The van der Waals surface area contributed by atoms with E-state index in [1.807, 2.05) is 64.1 Å². The number of carbonyl (C=O) groups is 1. The van der Waals surface area contributed by atoms with Crippen molar-refractivity contribution in [3.63, 3.8) is 0 Å². The molecule has 2 aromatic rings. The van der Waals surface area contributed by atoms with Crippen molar-refractivity contribution in [2.75, 3.05) is 0 Å². The van der Waals surface area contributed by atoms with Crippen LogP contribution in [0.5, 0.6) is 0 Å². The summed E-state index contributed by atoms with van der Waals surface area (Å²) < 4.78 is 0. The van der Waals surface area contributed by atoms with Crippen molar-refractivity contribution in [3.8, 4) is 0 Å². The Labute approximate surface area is 262 Å². The fraction of sp³-hybridized carbons (Fsp3) is 0.658. The molecular formula is C38H60O5. The van der Waals surface area contributed by atoms with Crippen LogP contribution in [0.3, 0.4) is 0 Å². The van der Waals surface area contributed by atoms with E-state index in [0.29, 0.717) is 11.1 Å². The number of ketones is 1. The highest BCUT2D eigenvalue weighted by atomic mass is 17.2. The van der Waals surface area contributed by atoms with Crippen molar-refractivity contribution in [2.24, 2.45) is 0 Å². The summed E-state index contributed by atoms with van der Waals surface area (Å²) in [6.45, 7) is 24.8. The van der Waals surface area contributed by atoms with Gasteiger partial charge < -0.3 is 0 Å². The molecule has 5 heteroatoms. The fourth-order valence-electron chi connectivity index (χ4n) is 5.02. The third-order valence-electron chi connectivity index (χ3n) is 8.17. The average molecular weight is 597 g/mol. The van der Waals surface area contributed by atoms with Crippen LogP contribution in [-0.4, -0.2) is 17.0 Å². The molecule has 0 radical (unpaired) electrons. The topological polar surface area (TPSA) is 54.0 Å². The van der Waals surface area contributed by atoms with Crippen molar-refractivity contribution in [3.05, 3.63) is 70.3 Å². The first-order chi connectivity index (χ1) is 19.9. The number of hydrogen-bond donors (Lipinski definition) is 0. The maximum Gasteiger partial charge on any atom is 0.193 e. The van der Waals surface area contributed by atoms with Gasteiger partial charge in [0.25, 0.3) is 0 Å². The number of benzene rings is 2. The van der Waals surface area contributed by atoms with Gasteiger partial charge in [-0.25, -0.2) is 19.6 Å². The van der Waals surface area contributed by atoms with Gasteiger partial charge in [-0.2, -0.15) is 0 Å². The van der Waals surface area contributed by atoms with E-state index in [4.69, 9.17) is 19.6 Å². The maximum absolute atomic E-state index is 13.9. The minimum atomic E-state index is -0.734. The Morgan fingerprint density at radius 1 is 0.628 bits per heavy atom. The van der Waals surface area contributed by atoms with Crippen LogP contribution in [0, 0.1) is 0 Å². The summed E-state index contributed by atoms with van der Waals surface area (Å²) in [5, 5.41) is 0. The molecule has 0 aliphatic carbocycles. The standard InChI is InChI=1S/C38H60O5/c1-13-15-17-25-35(5,6)40-42-37(9,10)30-21-19-29(20-22-30)34(39)33-27-31(23-24-32(33)28(3)4)38(11,12)43-41-36(7,8)26-18-16-14-2/h19-24,27-28H,13-18,25-26H2,1-12H3. The Morgan fingerprint density at radius 2 is 1.07 bits per heavy atom. The second-order valence-electron chi connectivity index (χ2n) is 14.7. The van der Waals surface area contributed by atoms with Gasteiger partial charge in [0.1, 0.15) is 11.2 Å². The molecule has 5 nitrogen and oxygen atoms in total. The molecule has 0 N–H and O–H groups in total. The van der Waals surface area contributed by atoms with Gasteiger partial charge in [-0.05, 0) is 96.9 Å². The third kappa shape index (κ3) is 11.4. The van der Waals surface area contributed by atoms with Crippen molar-refractivity contribution < 1.29 is 24.3 Å². The van der Waals surface area contributed by atoms with Crippen LogP contribution >= 0.6 is 0 Å². The molecule has 2 aromatic carbocycles. The zero-order valence-corrected chi connectivity index (χ0v) is 29.3. The highest BCUT2D eigenvalue weighted by molar-refractivity contribution is 6.10. The lowest BCUT2D eigenvalue weighted by Crippen LogP contribution is -2.31. The summed E-state index contributed by atoms with van der Waals surface area (Å²) in [6, 6.07) is 13.8. The number of hydrogen-bond acceptors (Lipinski definition) is 5. The number of carbonyl (C=O) groups excluding carboxylic acids is 1. The molecular weight excluding hydrogens is 536 g/mol. The van der Waals surface area contributed by atoms with E-state index in [1.165, 1.54) is 25.7 Å². The smallest absolute Gasteiger partial charge is 0.193 e. The molecule has 0 saturated heterocycles.